The summed E-state index contributed by atoms with van der Waals surface area (Å²) in [5, 5.41) is 25.6. The summed E-state index contributed by atoms with van der Waals surface area (Å²) >= 11 is 0. The van der Waals surface area contributed by atoms with E-state index in [1.807, 2.05) is 0 Å². The van der Waals surface area contributed by atoms with Crippen LogP contribution >= 0.6 is 0 Å². The molecule has 0 heterocycles. The Labute approximate surface area is 394 Å². The standard InChI is InChI=1S/3C18H36O2.Zn/c3*1-2-3-4-5-6-7-8-9-10-11-12-13-14-15-16-17-18(19)20;/h3*2-17H2,1H3,(H,19,20);. The van der Waals surface area contributed by atoms with E-state index in [4.69, 9.17) is 15.3 Å². The first kappa shape index (κ1) is 66.6. The van der Waals surface area contributed by atoms with Gasteiger partial charge in [0.15, 0.2) is 0 Å². The maximum absolute atomic E-state index is 10.3. The smallest absolute Gasteiger partial charge is 0.303 e. The second-order valence-corrected chi connectivity index (χ2v) is 18.3. The molecule has 0 aliphatic carbocycles. The van der Waals surface area contributed by atoms with E-state index in [9.17, 15) is 14.4 Å². The first-order chi connectivity index (χ1) is 29.3. The van der Waals surface area contributed by atoms with Crippen molar-refractivity contribution < 1.29 is 49.2 Å². The third-order valence-corrected chi connectivity index (χ3v) is 12.0. The van der Waals surface area contributed by atoms with E-state index in [1.54, 1.807) is 0 Å². The van der Waals surface area contributed by atoms with E-state index in [-0.39, 0.29) is 19.5 Å². The van der Waals surface area contributed by atoms with Gasteiger partial charge in [-0.15, -0.1) is 0 Å². The summed E-state index contributed by atoms with van der Waals surface area (Å²) in [5.41, 5.74) is 0. The molecular formula is C54H108O6Zn. The van der Waals surface area contributed by atoms with Gasteiger partial charge in [-0.25, -0.2) is 0 Å². The Balaban J connectivity index is -0.000000396. The van der Waals surface area contributed by atoms with E-state index in [0.29, 0.717) is 19.3 Å². The van der Waals surface area contributed by atoms with E-state index in [0.717, 1.165) is 38.5 Å². The average Bonchev–Trinajstić information content (AvgIpc) is 3.22. The molecule has 0 fully saturated rings. The number of rotatable bonds is 48. The van der Waals surface area contributed by atoms with Gasteiger partial charge in [0.1, 0.15) is 0 Å². The number of carboxylic acids is 3. The Hall–Kier alpha value is -0.967. The molecule has 0 unspecified atom stereocenters. The molecule has 0 radical (unpaired) electrons. The molecule has 0 rings (SSSR count). The molecule has 7 heteroatoms. The van der Waals surface area contributed by atoms with Gasteiger partial charge in [0.25, 0.3) is 0 Å². The summed E-state index contributed by atoms with van der Waals surface area (Å²) in [6.07, 6.45) is 60.6. The second-order valence-electron chi connectivity index (χ2n) is 18.3. The van der Waals surface area contributed by atoms with Crippen LogP contribution in [0.1, 0.15) is 329 Å². The minimum atomic E-state index is -0.653. The number of hydrogen-bond donors (Lipinski definition) is 3. The van der Waals surface area contributed by atoms with Crippen LogP contribution in [0, 0.1) is 0 Å². The molecule has 0 amide bonds. The van der Waals surface area contributed by atoms with Gasteiger partial charge >= 0.3 is 17.9 Å². The Kier molecular flexibility index (Phi) is 69.2. The molecule has 0 spiro atoms. The largest absolute Gasteiger partial charge is 0.481 e. The van der Waals surface area contributed by atoms with Crippen molar-refractivity contribution in [3.63, 3.8) is 0 Å². The van der Waals surface area contributed by atoms with Crippen molar-refractivity contribution in [2.75, 3.05) is 0 Å². The summed E-state index contributed by atoms with van der Waals surface area (Å²) in [6.45, 7) is 6.81. The van der Waals surface area contributed by atoms with Crippen LogP contribution in [-0.2, 0) is 33.9 Å². The number of hydrogen-bond acceptors (Lipinski definition) is 3. The predicted molar refractivity (Wildman–Crippen MR) is 262 cm³/mol. The van der Waals surface area contributed by atoms with Crippen molar-refractivity contribution in [2.45, 2.75) is 329 Å². The number of aliphatic carboxylic acids is 3. The third-order valence-electron chi connectivity index (χ3n) is 12.0. The van der Waals surface area contributed by atoms with Crippen LogP contribution in [0.5, 0.6) is 0 Å². The summed E-state index contributed by atoms with van der Waals surface area (Å²) in [5.74, 6) is -1.96. The fraction of sp³-hybridized carbons (Fsp3) is 0.944. The molecule has 0 saturated heterocycles. The van der Waals surface area contributed by atoms with Crippen molar-refractivity contribution in [1.29, 1.82) is 0 Å². The summed E-state index contributed by atoms with van der Waals surface area (Å²) in [7, 11) is 0. The number of carboxylic acid groups (broad SMARTS) is 3. The molecule has 0 aromatic rings. The van der Waals surface area contributed by atoms with Crippen molar-refractivity contribution in [3.8, 4) is 0 Å². The van der Waals surface area contributed by atoms with Gasteiger partial charge in [-0.1, -0.05) is 290 Å². The van der Waals surface area contributed by atoms with Crippen molar-refractivity contribution >= 4 is 17.9 Å². The van der Waals surface area contributed by atoms with Gasteiger partial charge in [-0.2, -0.15) is 0 Å². The summed E-state index contributed by atoms with van der Waals surface area (Å²) in [6, 6.07) is 0. The predicted octanol–water partition coefficient (Wildman–Crippen LogP) is 19.0. The SMILES string of the molecule is CCCCCCCCCCCCCCCCCC(=O)O.CCCCCCCCCCCCCCCCCC(=O)O.CCCCCCCCCCCCCCCCCC(=O)O.[Zn]. The maximum Gasteiger partial charge on any atom is 0.303 e. The Morgan fingerprint density at radius 1 is 0.213 bits per heavy atom. The van der Waals surface area contributed by atoms with Gasteiger partial charge in [-0.3, -0.25) is 14.4 Å². The van der Waals surface area contributed by atoms with Gasteiger partial charge in [0, 0.05) is 38.7 Å². The summed E-state index contributed by atoms with van der Waals surface area (Å²) in [4.78, 5) is 31.0. The van der Waals surface area contributed by atoms with Crippen LogP contribution in [0.2, 0.25) is 0 Å². The molecule has 0 aromatic heterocycles. The van der Waals surface area contributed by atoms with Crippen LogP contribution in [0.4, 0.5) is 0 Å². The molecule has 3 N–H and O–H groups in total. The van der Waals surface area contributed by atoms with Gasteiger partial charge in [-0.05, 0) is 19.3 Å². The molecular weight excluding hydrogens is 810 g/mol. The van der Waals surface area contributed by atoms with Crippen LogP contribution in [0.25, 0.3) is 0 Å². The zero-order valence-electron chi connectivity index (χ0n) is 41.7. The van der Waals surface area contributed by atoms with E-state index in [1.165, 1.54) is 250 Å². The first-order valence-electron chi connectivity index (χ1n) is 27.0. The van der Waals surface area contributed by atoms with Gasteiger partial charge in [0.2, 0.25) is 0 Å². The first-order valence-corrected chi connectivity index (χ1v) is 27.0. The van der Waals surface area contributed by atoms with Crippen LogP contribution in [0.15, 0.2) is 0 Å². The topological polar surface area (TPSA) is 112 Å². The quantitative estimate of drug-likeness (QED) is 0.0414. The van der Waals surface area contributed by atoms with Gasteiger partial charge < -0.3 is 15.3 Å². The van der Waals surface area contributed by atoms with Crippen molar-refractivity contribution in [3.05, 3.63) is 0 Å². The molecule has 0 saturated carbocycles. The van der Waals surface area contributed by atoms with Crippen LogP contribution < -0.4 is 0 Å². The number of carbonyl (C=O) groups is 3. The molecule has 0 aliphatic heterocycles. The fourth-order valence-electron chi connectivity index (χ4n) is 7.94. The average molecular weight is 919 g/mol. The molecule has 6 nitrogen and oxygen atoms in total. The van der Waals surface area contributed by atoms with Crippen molar-refractivity contribution in [2.24, 2.45) is 0 Å². The normalized spacial score (nSPS) is 10.7. The minimum Gasteiger partial charge on any atom is -0.481 e. The Morgan fingerprint density at radius 2 is 0.311 bits per heavy atom. The monoisotopic (exact) mass is 917 g/mol. The molecule has 0 aromatic carbocycles. The van der Waals surface area contributed by atoms with E-state index >= 15 is 0 Å². The molecule has 0 bridgehead atoms. The fourth-order valence-corrected chi connectivity index (χ4v) is 7.94. The van der Waals surface area contributed by atoms with Gasteiger partial charge in [0.05, 0.1) is 0 Å². The zero-order valence-corrected chi connectivity index (χ0v) is 44.7. The van der Waals surface area contributed by atoms with Crippen LogP contribution in [-0.4, -0.2) is 33.2 Å². The maximum atomic E-state index is 10.3. The molecule has 0 aliphatic rings. The number of unbranched alkanes of at least 4 members (excludes halogenated alkanes) is 42. The molecule has 362 valence electrons. The second kappa shape index (κ2) is 63.3. The van der Waals surface area contributed by atoms with E-state index in [2.05, 4.69) is 20.8 Å². The zero-order chi connectivity index (χ0) is 44.7. The van der Waals surface area contributed by atoms with Crippen LogP contribution in [0.3, 0.4) is 0 Å². The molecule has 61 heavy (non-hydrogen) atoms. The summed E-state index contributed by atoms with van der Waals surface area (Å²) < 4.78 is 0. The van der Waals surface area contributed by atoms with E-state index < -0.39 is 17.9 Å². The minimum absolute atomic E-state index is 0. The Morgan fingerprint density at radius 3 is 0.410 bits per heavy atom. The molecule has 0 atom stereocenters. The third kappa shape index (κ3) is 76.7. The van der Waals surface area contributed by atoms with Crippen molar-refractivity contribution in [1.82, 2.24) is 0 Å². The Bertz CT molecular complexity index is 717.